The van der Waals surface area contributed by atoms with Crippen LogP contribution in [-0.4, -0.2) is 27.8 Å². The highest BCUT2D eigenvalue weighted by Gasteiger charge is 2.18. The number of anilines is 2. The molecule has 2 unspecified atom stereocenters. The van der Waals surface area contributed by atoms with Crippen LogP contribution in [0.15, 0.2) is 12.3 Å². The monoisotopic (exact) mass is 212 g/mol. The first-order valence-corrected chi connectivity index (χ1v) is 4.63. The van der Waals surface area contributed by atoms with E-state index in [1.54, 1.807) is 0 Å². The molecule has 1 heterocycles. The summed E-state index contributed by atoms with van der Waals surface area (Å²) in [5.41, 5.74) is 16.9. The van der Waals surface area contributed by atoms with Gasteiger partial charge in [0.2, 0.25) is 0 Å². The van der Waals surface area contributed by atoms with Crippen molar-refractivity contribution in [2.75, 3.05) is 18.0 Å². The van der Waals surface area contributed by atoms with Gasteiger partial charge in [0.25, 0.3) is 0 Å². The average molecular weight is 212 g/mol. The van der Waals surface area contributed by atoms with E-state index in [9.17, 15) is 10.2 Å². The molecule has 0 aromatic carbocycles. The molecule has 1 aromatic rings. The van der Waals surface area contributed by atoms with Gasteiger partial charge >= 0.3 is 0 Å². The van der Waals surface area contributed by atoms with Crippen LogP contribution in [0, 0.1) is 0 Å². The Balaban J connectivity index is 2.81. The number of hydrogen-bond acceptors (Lipinski definition) is 6. The van der Waals surface area contributed by atoms with Gasteiger partial charge in [0.15, 0.2) is 0 Å². The standard InChI is InChI=1S/C9H16N4O2/c10-2-1-7(14)8(15)5-3-6(11)9(12)13-4-5/h3-4,7-8,14-15H,1-2,10-11H2,(H2,12,13). The molecule has 0 spiro atoms. The lowest BCUT2D eigenvalue weighted by molar-refractivity contribution is 0.0149. The van der Waals surface area contributed by atoms with Gasteiger partial charge in [0, 0.05) is 11.8 Å². The molecule has 8 N–H and O–H groups in total. The SMILES string of the molecule is NCCC(O)C(O)c1cnc(N)c(N)c1. The molecule has 0 fully saturated rings. The maximum atomic E-state index is 9.69. The molecule has 0 saturated heterocycles. The van der Waals surface area contributed by atoms with E-state index in [0.29, 0.717) is 18.5 Å². The van der Waals surface area contributed by atoms with Crippen molar-refractivity contribution in [2.24, 2.45) is 5.73 Å². The van der Waals surface area contributed by atoms with Crippen molar-refractivity contribution in [3.05, 3.63) is 17.8 Å². The fourth-order valence-electron chi connectivity index (χ4n) is 1.22. The van der Waals surface area contributed by atoms with E-state index in [4.69, 9.17) is 17.2 Å². The molecule has 84 valence electrons. The topological polar surface area (TPSA) is 131 Å². The Morgan fingerprint density at radius 3 is 2.53 bits per heavy atom. The average Bonchev–Trinajstić information content (AvgIpc) is 2.21. The Morgan fingerprint density at radius 1 is 1.33 bits per heavy atom. The summed E-state index contributed by atoms with van der Waals surface area (Å²) in [4.78, 5) is 3.79. The van der Waals surface area contributed by atoms with Crippen molar-refractivity contribution in [3.8, 4) is 0 Å². The third-order valence-electron chi connectivity index (χ3n) is 2.14. The number of aliphatic hydroxyl groups excluding tert-OH is 2. The van der Waals surface area contributed by atoms with E-state index >= 15 is 0 Å². The molecule has 6 heteroatoms. The summed E-state index contributed by atoms with van der Waals surface area (Å²) >= 11 is 0. The first-order chi connectivity index (χ1) is 7.06. The second kappa shape index (κ2) is 4.92. The van der Waals surface area contributed by atoms with E-state index in [1.165, 1.54) is 12.3 Å². The molecule has 0 aliphatic heterocycles. The van der Waals surface area contributed by atoms with Gasteiger partial charge in [0.1, 0.15) is 11.9 Å². The predicted octanol–water partition coefficient (Wildman–Crippen LogP) is -1.01. The molecule has 6 nitrogen and oxygen atoms in total. The zero-order valence-electron chi connectivity index (χ0n) is 8.30. The predicted molar refractivity (Wildman–Crippen MR) is 57.7 cm³/mol. The maximum absolute atomic E-state index is 9.69. The Bertz CT molecular complexity index is 332. The zero-order valence-corrected chi connectivity index (χ0v) is 8.30. The van der Waals surface area contributed by atoms with Crippen LogP contribution in [0.25, 0.3) is 0 Å². The van der Waals surface area contributed by atoms with Gasteiger partial charge in [-0.1, -0.05) is 0 Å². The van der Waals surface area contributed by atoms with Gasteiger partial charge < -0.3 is 27.4 Å². The molecule has 0 aliphatic rings. The summed E-state index contributed by atoms with van der Waals surface area (Å²) in [6, 6.07) is 1.49. The quantitative estimate of drug-likeness (QED) is 0.434. The van der Waals surface area contributed by atoms with Crippen LogP contribution in [-0.2, 0) is 0 Å². The third-order valence-corrected chi connectivity index (χ3v) is 2.14. The number of nitrogens with zero attached hydrogens (tertiary/aromatic N) is 1. The van der Waals surface area contributed by atoms with E-state index < -0.39 is 12.2 Å². The third kappa shape index (κ3) is 2.79. The summed E-state index contributed by atoms with van der Waals surface area (Å²) in [6.07, 6.45) is -0.259. The van der Waals surface area contributed by atoms with Crippen LogP contribution >= 0.6 is 0 Å². The summed E-state index contributed by atoms with van der Waals surface area (Å²) in [6.45, 7) is 0.302. The first-order valence-electron chi connectivity index (χ1n) is 4.63. The Kier molecular flexibility index (Phi) is 3.84. The lowest BCUT2D eigenvalue weighted by atomic mass is 10.0. The van der Waals surface area contributed by atoms with Gasteiger partial charge in [-0.3, -0.25) is 0 Å². The van der Waals surface area contributed by atoms with E-state index in [-0.39, 0.29) is 11.5 Å². The Morgan fingerprint density at radius 2 is 2.00 bits per heavy atom. The van der Waals surface area contributed by atoms with Crippen molar-refractivity contribution in [1.29, 1.82) is 0 Å². The number of aliphatic hydroxyl groups is 2. The molecule has 15 heavy (non-hydrogen) atoms. The van der Waals surface area contributed by atoms with Crippen molar-refractivity contribution in [2.45, 2.75) is 18.6 Å². The number of aromatic nitrogens is 1. The van der Waals surface area contributed by atoms with Gasteiger partial charge in [-0.15, -0.1) is 0 Å². The number of hydrogen-bond donors (Lipinski definition) is 5. The second-order valence-corrected chi connectivity index (χ2v) is 3.33. The van der Waals surface area contributed by atoms with Crippen molar-refractivity contribution in [3.63, 3.8) is 0 Å². The van der Waals surface area contributed by atoms with Gasteiger partial charge in [0.05, 0.1) is 11.8 Å². The highest BCUT2D eigenvalue weighted by atomic mass is 16.3. The maximum Gasteiger partial charge on any atom is 0.146 e. The Labute approximate surface area is 87.7 Å². The molecule has 1 rings (SSSR count). The van der Waals surface area contributed by atoms with Gasteiger partial charge in [-0.25, -0.2) is 4.98 Å². The molecular formula is C9H16N4O2. The zero-order chi connectivity index (χ0) is 11.4. The lowest BCUT2D eigenvalue weighted by Crippen LogP contribution is -2.22. The minimum atomic E-state index is -1.04. The molecule has 0 bridgehead atoms. The van der Waals surface area contributed by atoms with Crippen LogP contribution in [0.3, 0.4) is 0 Å². The molecular weight excluding hydrogens is 196 g/mol. The van der Waals surface area contributed by atoms with Crippen LogP contribution < -0.4 is 17.2 Å². The minimum Gasteiger partial charge on any atom is -0.396 e. The molecule has 2 atom stereocenters. The number of pyridine rings is 1. The molecule has 0 radical (unpaired) electrons. The molecule has 0 amide bonds. The van der Waals surface area contributed by atoms with E-state index in [1.807, 2.05) is 0 Å². The summed E-state index contributed by atoms with van der Waals surface area (Å²) < 4.78 is 0. The summed E-state index contributed by atoms with van der Waals surface area (Å²) in [5.74, 6) is 0.208. The van der Waals surface area contributed by atoms with Crippen molar-refractivity contribution < 1.29 is 10.2 Å². The highest BCUT2D eigenvalue weighted by molar-refractivity contribution is 5.58. The van der Waals surface area contributed by atoms with Crippen LogP contribution in [0.5, 0.6) is 0 Å². The smallest absolute Gasteiger partial charge is 0.146 e. The van der Waals surface area contributed by atoms with E-state index in [0.717, 1.165) is 0 Å². The van der Waals surface area contributed by atoms with Crippen LogP contribution in [0.4, 0.5) is 11.5 Å². The fourth-order valence-corrected chi connectivity index (χ4v) is 1.22. The first kappa shape index (κ1) is 11.7. The van der Waals surface area contributed by atoms with Crippen molar-refractivity contribution >= 4 is 11.5 Å². The van der Waals surface area contributed by atoms with Crippen LogP contribution in [0.2, 0.25) is 0 Å². The summed E-state index contributed by atoms with van der Waals surface area (Å²) in [5, 5.41) is 19.2. The second-order valence-electron chi connectivity index (χ2n) is 3.33. The number of nitrogens with two attached hydrogens (primary N) is 3. The van der Waals surface area contributed by atoms with Gasteiger partial charge in [-0.05, 0) is 19.0 Å². The van der Waals surface area contributed by atoms with Gasteiger partial charge in [-0.2, -0.15) is 0 Å². The lowest BCUT2D eigenvalue weighted by Gasteiger charge is -2.17. The largest absolute Gasteiger partial charge is 0.396 e. The molecule has 0 aliphatic carbocycles. The summed E-state index contributed by atoms with van der Waals surface area (Å²) in [7, 11) is 0. The Hall–Kier alpha value is -1.37. The fraction of sp³-hybridized carbons (Fsp3) is 0.444. The van der Waals surface area contributed by atoms with Crippen LogP contribution in [0.1, 0.15) is 18.1 Å². The highest BCUT2D eigenvalue weighted by Crippen LogP contribution is 2.22. The normalized spacial score (nSPS) is 14.9. The van der Waals surface area contributed by atoms with E-state index in [2.05, 4.69) is 4.98 Å². The minimum absolute atomic E-state index is 0.208. The molecule has 1 aromatic heterocycles. The van der Waals surface area contributed by atoms with Crippen molar-refractivity contribution in [1.82, 2.24) is 4.98 Å². The number of nitrogen functional groups attached to an aromatic ring is 2. The number of rotatable bonds is 4. The molecule has 0 saturated carbocycles.